The lowest BCUT2D eigenvalue weighted by Crippen LogP contribution is -2.25. The first-order chi connectivity index (χ1) is 9.68. The van der Waals surface area contributed by atoms with Crippen molar-refractivity contribution in [1.29, 1.82) is 0 Å². The van der Waals surface area contributed by atoms with E-state index in [1.807, 2.05) is 18.2 Å². The molecule has 1 fully saturated rings. The normalized spacial score (nSPS) is 22.9. The number of para-hydroxylation sites is 1. The molecule has 1 aromatic rings. The Bertz CT molecular complexity index is 425. The van der Waals surface area contributed by atoms with E-state index in [0.29, 0.717) is 18.2 Å². The summed E-state index contributed by atoms with van der Waals surface area (Å²) >= 11 is 3.32. The van der Waals surface area contributed by atoms with Crippen LogP contribution in [0.2, 0.25) is 0 Å². The Kier molecular flexibility index (Phi) is 6.33. The minimum absolute atomic E-state index is 0.0853. The second-order valence-electron chi connectivity index (χ2n) is 5.68. The summed E-state index contributed by atoms with van der Waals surface area (Å²) in [5.41, 5.74) is 0.914. The predicted octanol–water partition coefficient (Wildman–Crippen LogP) is 3.58. The largest absolute Gasteiger partial charge is 0.506 e. The molecule has 112 valence electrons. The van der Waals surface area contributed by atoms with Crippen molar-refractivity contribution in [2.45, 2.75) is 51.2 Å². The van der Waals surface area contributed by atoms with Crippen LogP contribution in [0.15, 0.2) is 22.7 Å². The summed E-state index contributed by atoms with van der Waals surface area (Å²) in [5, 5.41) is 23.1. The van der Waals surface area contributed by atoms with Gasteiger partial charge in [-0.3, -0.25) is 0 Å². The SMILES string of the molecule is Oc1c(Br)cccc1CNCCCC1CCCCC1O. The molecule has 3 N–H and O–H groups in total. The highest BCUT2D eigenvalue weighted by Crippen LogP contribution is 2.28. The lowest BCUT2D eigenvalue weighted by Gasteiger charge is -2.27. The fraction of sp³-hybridized carbons (Fsp3) is 0.625. The molecule has 2 atom stereocenters. The van der Waals surface area contributed by atoms with Crippen LogP contribution in [-0.2, 0) is 6.54 Å². The maximum absolute atomic E-state index is 9.91. The van der Waals surface area contributed by atoms with E-state index in [0.717, 1.165) is 35.8 Å². The number of aliphatic hydroxyl groups excluding tert-OH is 1. The first-order valence-electron chi connectivity index (χ1n) is 7.53. The zero-order valence-corrected chi connectivity index (χ0v) is 13.4. The second kappa shape index (κ2) is 8.01. The highest BCUT2D eigenvalue weighted by Gasteiger charge is 2.22. The summed E-state index contributed by atoms with van der Waals surface area (Å²) in [7, 11) is 0. The molecule has 20 heavy (non-hydrogen) atoms. The molecule has 0 radical (unpaired) electrons. The Morgan fingerprint density at radius 1 is 1.25 bits per heavy atom. The highest BCUT2D eigenvalue weighted by molar-refractivity contribution is 9.10. The average molecular weight is 342 g/mol. The number of aromatic hydroxyl groups is 1. The number of benzene rings is 1. The minimum Gasteiger partial charge on any atom is -0.506 e. The Labute approximate surface area is 129 Å². The first kappa shape index (κ1) is 15.8. The molecule has 1 aromatic carbocycles. The van der Waals surface area contributed by atoms with Crippen LogP contribution in [0.4, 0.5) is 0 Å². The summed E-state index contributed by atoms with van der Waals surface area (Å²) in [6, 6.07) is 5.69. The molecule has 0 aromatic heterocycles. The van der Waals surface area contributed by atoms with Gasteiger partial charge < -0.3 is 15.5 Å². The fourth-order valence-corrected chi connectivity index (χ4v) is 3.35. The van der Waals surface area contributed by atoms with Gasteiger partial charge in [0.15, 0.2) is 0 Å². The van der Waals surface area contributed by atoms with E-state index in [4.69, 9.17) is 0 Å². The monoisotopic (exact) mass is 341 g/mol. The van der Waals surface area contributed by atoms with Crippen LogP contribution in [-0.4, -0.2) is 22.9 Å². The fourth-order valence-electron chi connectivity index (χ4n) is 2.94. The summed E-state index contributed by atoms with van der Waals surface area (Å²) in [5.74, 6) is 0.813. The number of phenols is 1. The number of rotatable bonds is 6. The van der Waals surface area contributed by atoms with E-state index in [9.17, 15) is 10.2 Å². The van der Waals surface area contributed by atoms with Gasteiger partial charge in [0.1, 0.15) is 5.75 Å². The molecule has 0 aliphatic heterocycles. The molecular formula is C16H24BrNO2. The molecular weight excluding hydrogens is 318 g/mol. The van der Waals surface area contributed by atoms with Crippen molar-refractivity contribution in [2.24, 2.45) is 5.92 Å². The molecule has 2 unspecified atom stereocenters. The van der Waals surface area contributed by atoms with Crippen LogP contribution >= 0.6 is 15.9 Å². The maximum Gasteiger partial charge on any atom is 0.134 e. The van der Waals surface area contributed by atoms with Gasteiger partial charge in [-0.15, -0.1) is 0 Å². The summed E-state index contributed by atoms with van der Waals surface area (Å²) in [6.45, 7) is 1.60. The van der Waals surface area contributed by atoms with Gasteiger partial charge in [0.05, 0.1) is 10.6 Å². The zero-order chi connectivity index (χ0) is 14.4. The van der Waals surface area contributed by atoms with Gasteiger partial charge >= 0.3 is 0 Å². The van der Waals surface area contributed by atoms with Crippen molar-refractivity contribution >= 4 is 15.9 Å². The van der Waals surface area contributed by atoms with Crippen LogP contribution in [0.3, 0.4) is 0 Å². The van der Waals surface area contributed by atoms with Gasteiger partial charge in [-0.25, -0.2) is 0 Å². The van der Waals surface area contributed by atoms with Crippen LogP contribution in [0.1, 0.15) is 44.1 Å². The van der Waals surface area contributed by atoms with Crippen molar-refractivity contribution < 1.29 is 10.2 Å². The van der Waals surface area contributed by atoms with E-state index in [2.05, 4.69) is 21.2 Å². The van der Waals surface area contributed by atoms with Gasteiger partial charge in [0.2, 0.25) is 0 Å². The quantitative estimate of drug-likeness (QED) is 0.693. The Balaban J connectivity index is 1.65. The third kappa shape index (κ3) is 4.47. The Morgan fingerprint density at radius 2 is 2.05 bits per heavy atom. The van der Waals surface area contributed by atoms with Crippen LogP contribution in [0, 0.1) is 5.92 Å². The number of halogens is 1. The second-order valence-corrected chi connectivity index (χ2v) is 6.53. The minimum atomic E-state index is -0.0853. The topological polar surface area (TPSA) is 52.5 Å². The Morgan fingerprint density at radius 3 is 2.85 bits per heavy atom. The standard InChI is InChI=1S/C16H24BrNO2/c17-14-8-3-6-13(16(14)20)11-18-10-4-7-12-5-1-2-9-15(12)19/h3,6,8,12,15,18-20H,1-2,4-5,7,9-11H2. The van der Waals surface area contributed by atoms with Crippen molar-refractivity contribution in [3.05, 3.63) is 28.2 Å². The number of hydrogen-bond acceptors (Lipinski definition) is 3. The molecule has 0 spiro atoms. The maximum atomic E-state index is 9.91. The third-order valence-corrected chi connectivity index (χ3v) is 4.82. The number of aliphatic hydroxyl groups is 1. The third-order valence-electron chi connectivity index (χ3n) is 4.18. The summed E-state index contributed by atoms with van der Waals surface area (Å²) in [4.78, 5) is 0. The molecule has 0 bridgehead atoms. The van der Waals surface area contributed by atoms with Gasteiger partial charge in [-0.1, -0.05) is 25.0 Å². The van der Waals surface area contributed by atoms with E-state index in [1.54, 1.807) is 0 Å². The van der Waals surface area contributed by atoms with Crippen molar-refractivity contribution in [3.63, 3.8) is 0 Å². The molecule has 3 nitrogen and oxygen atoms in total. The summed E-state index contributed by atoms with van der Waals surface area (Å²) < 4.78 is 0.738. The summed E-state index contributed by atoms with van der Waals surface area (Å²) in [6.07, 6.45) is 6.68. The first-order valence-corrected chi connectivity index (χ1v) is 8.33. The highest BCUT2D eigenvalue weighted by atomic mass is 79.9. The van der Waals surface area contributed by atoms with Crippen LogP contribution in [0.5, 0.6) is 5.75 Å². The molecule has 0 saturated heterocycles. The zero-order valence-electron chi connectivity index (χ0n) is 11.8. The van der Waals surface area contributed by atoms with Crippen LogP contribution < -0.4 is 5.32 Å². The molecule has 1 aliphatic carbocycles. The van der Waals surface area contributed by atoms with Crippen molar-refractivity contribution in [1.82, 2.24) is 5.32 Å². The predicted molar refractivity (Wildman–Crippen MR) is 84.7 cm³/mol. The number of nitrogens with one attached hydrogen (secondary N) is 1. The number of phenolic OH excluding ortho intramolecular Hbond substituents is 1. The van der Waals surface area contributed by atoms with Gasteiger partial charge in [0, 0.05) is 12.1 Å². The molecule has 0 heterocycles. The lowest BCUT2D eigenvalue weighted by molar-refractivity contribution is 0.0643. The molecule has 1 aliphatic rings. The van der Waals surface area contributed by atoms with Crippen LogP contribution in [0.25, 0.3) is 0 Å². The van der Waals surface area contributed by atoms with E-state index >= 15 is 0 Å². The van der Waals surface area contributed by atoms with Crippen molar-refractivity contribution in [3.8, 4) is 5.75 Å². The van der Waals surface area contributed by atoms with E-state index in [1.165, 1.54) is 19.3 Å². The molecule has 1 saturated carbocycles. The lowest BCUT2D eigenvalue weighted by atomic mass is 9.83. The molecule has 4 heteroatoms. The Hall–Kier alpha value is -0.580. The van der Waals surface area contributed by atoms with E-state index < -0.39 is 0 Å². The smallest absolute Gasteiger partial charge is 0.134 e. The van der Waals surface area contributed by atoms with E-state index in [-0.39, 0.29) is 6.10 Å². The van der Waals surface area contributed by atoms with Crippen molar-refractivity contribution in [2.75, 3.05) is 6.54 Å². The van der Waals surface area contributed by atoms with Gasteiger partial charge in [0.25, 0.3) is 0 Å². The number of hydrogen-bond donors (Lipinski definition) is 3. The van der Waals surface area contributed by atoms with Gasteiger partial charge in [-0.2, -0.15) is 0 Å². The molecule has 2 rings (SSSR count). The van der Waals surface area contributed by atoms with Gasteiger partial charge in [-0.05, 0) is 60.1 Å². The molecule has 0 amide bonds. The average Bonchev–Trinajstić information content (AvgIpc) is 2.45.